The predicted molar refractivity (Wildman–Crippen MR) is 60.8 cm³/mol. The largest absolute Gasteiger partial charge is 0.390 e. The van der Waals surface area contributed by atoms with Crippen LogP contribution in [0.3, 0.4) is 0 Å². The Balaban J connectivity index is 2.68. The number of anilines is 1. The van der Waals surface area contributed by atoms with Crippen LogP contribution in [0.25, 0.3) is 0 Å². The molecule has 0 aliphatic carbocycles. The maximum Gasteiger partial charge on any atom is 0.150 e. The van der Waals surface area contributed by atoms with E-state index in [1.165, 1.54) is 0 Å². The monoisotopic (exact) mass is 249 g/mol. The molecule has 0 amide bonds. The van der Waals surface area contributed by atoms with E-state index in [1.807, 2.05) is 0 Å². The number of benzene rings is 1. The third kappa shape index (κ3) is 3.94. The van der Waals surface area contributed by atoms with Gasteiger partial charge >= 0.3 is 0 Å². The quantitative estimate of drug-likeness (QED) is 0.859. The molecule has 2 N–H and O–H groups in total. The smallest absolute Gasteiger partial charge is 0.150 e. The van der Waals surface area contributed by atoms with Crippen molar-refractivity contribution < 1.29 is 13.9 Å². The van der Waals surface area contributed by atoms with E-state index in [9.17, 15) is 13.9 Å². The van der Waals surface area contributed by atoms with Crippen LogP contribution in [-0.2, 0) is 0 Å². The molecule has 90 valence electrons. The number of hydrogen-bond acceptors (Lipinski definition) is 2. The van der Waals surface area contributed by atoms with Gasteiger partial charge in [-0.25, -0.2) is 8.78 Å². The zero-order valence-electron chi connectivity index (χ0n) is 9.15. The van der Waals surface area contributed by atoms with Gasteiger partial charge in [-0.3, -0.25) is 0 Å². The Morgan fingerprint density at radius 2 is 2.00 bits per heavy atom. The second-order valence-corrected chi connectivity index (χ2v) is 4.64. The van der Waals surface area contributed by atoms with E-state index >= 15 is 0 Å². The van der Waals surface area contributed by atoms with Crippen molar-refractivity contribution in [1.82, 2.24) is 0 Å². The first-order valence-electron chi connectivity index (χ1n) is 4.90. The Labute approximate surface area is 98.2 Å². The van der Waals surface area contributed by atoms with Crippen molar-refractivity contribution in [1.29, 1.82) is 0 Å². The summed E-state index contributed by atoms with van der Waals surface area (Å²) < 4.78 is 26.0. The zero-order chi connectivity index (χ0) is 12.3. The van der Waals surface area contributed by atoms with Crippen LogP contribution in [0, 0.1) is 11.6 Å². The minimum Gasteiger partial charge on any atom is -0.390 e. The number of rotatable bonds is 4. The number of aliphatic hydroxyl groups is 1. The van der Waals surface area contributed by atoms with Crippen molar-refractivity contribution in [3.05, 3.63) is 28.8 Å². The van der Waals surface area contributed by atoms with Crippen LogP contribution in [0.5, 0.6) is 0 Å². The molecule has 0 bridgehead atoms. The molecule has 5 heteroatoms. The zero-order valence-corrected chi connectivity index (χ0v) is 9.91. The molecule has 0 fully saturated rings. The van der Waals surface area contributed by atoms with E-state index in [2.05, 4.69) is 5.32 Å². The second kappa shape index (κ2) is 4.97. The highest BCUT2D eigenvalue weighted by molar-refractivity contribution is 6.33. The Morgan fingerprint density at radius 3 is 2.50 bits per heavy atom. The second-order valence-electron chi connectivity index (χ2n) is 4.23. The average molecular weight is 250 g/mol. The van der Waals surface area contributed by atoms with Crippen LogP contribution in [0.4, 0.5) is 14.5 Å². The predicted octanol–water partition coefficient (Wildman–Crippen LogP) is 3.19. The Kier molecular flexibility index (Phi) is 4.10. The molecule has 0 aliphatic rings. The fraction of sp³-hybridized carbons (Fsp3) is 0.455. The lowest BCUT2D eigenvalue weighted by atomic mass is 10.1. The Morgan fingerprint density at radius 1 is 1.38 bits per heavy atom. The van der Waals surface area contributed by atoms with Crippen LogP contribution in [-0.4, -0.2) is 17.3 Å². The molecule has 1 aromatic rings. The summed E-state index contributed by atoms with van der Waals surface area (Å²) in [7, 11) is 0. The van der Waals surface area contributed by atoms with Gasteiger partial charge in [0, 0.05) is 12.6 Å². The summed E-state index contributed by atoms with van der Waals surface area (Å²) in [5.41, 5.74) is -0.775. The van der Waals surface area contributed by atoms with Gasteiger partial charge in [0.2, 0.25) is 0 Å². The van der Waals surface area contributed by atoms with E-state index in [1.54, 1.807) is 13.8 Å². The lowest BCUT2D eigenvalue weighted by Gasteiger charge is -2.18. The molecule has 0 saturated carbocycles. The Hall–Kier alpha value is -0.870. The van der Waals surface area contributed by atoms with Gasteiger partial charge in [-0.15, -0.1) is 0 Å². The standard InChI is InChI=1S/C11H14ClF2NO/c1-11(2,16)3-4-15-10-8(12)5-7(13)6-9(10)14/h5-6,15-16H,3-4H2,1-2H3. The highest BCUT2D eigenvalue weighted by Crippen LogP contribution is 2.26. The van der Waals surface area contributed by atoms with Crippen LogP contribution < -0.4 is 5.32 Å². The number of halogens is 3. The summed E-state index contributed by atoms with van der Waals surface area (Å²) >= 11 is 5.68. The lowest BCUT2D eigenvalue weighted by Crippen LogP contribution is -2.23. The summed E-state index contributed by atoms with van der Waals surface area (Å²) in [4.78, 5) is 0. The van der Waals surface area contributed by atoms with Gasteiger partial charge in [0.05, 0.1) is 16.3 Å². The fourth-order valence-electron chi connectivity index (χ4n) is 1.20. The molecular formula is C11H14ClF2NO. The first-order chi connectivity index (χ1) is 7.29. The van der Waals surface area contributed by atoms with Gasteiger partial charge < -0.3 is 10.4 Å². The molecule has 0 aliphatic heterocycles. The van der Waals surface area contributed by atoms with Gasteiger partial charge in [0.15, 0.2) is 5.82 Å². The molecule has 0 saturated heterocycles. The van der Waals surface area contributed by atoms with E-state index < -0.39 is 17.2 Å². The van der Waals surface area contributed by atoms with Gasteiger partial charge in [0.1, 0.15) is 5.82 Å². The maximum absolute atomic E-state index is 13.3. The van der Waals surface area contributed by atoms with Crippen LogP contribution in [0.1, 0.15) is 20.3 Å². The van der Waals surface area contributed by atoms with Crippen LogP contribution in [0.15, 0.2) is 12.1 Å². The van der Waals surface area contributed by atoms with Gasteiger partial charge in [-0.05, 0) is 26.3 Å². The van der Waals surface area contributed by atoms with Gasteiger partial charge in [0.25, 0.3) is 0 Å². The van der Waals surface area contributed by atoms with Crippen molar-refractivity contribution in [2.24, 2.45) is 0 Å². The van der Waals surface area contributed by atoms with Crippen molar-refractivity contribution in [2.75, 3.05) is 11.9 Å². The molecule has 16 heavy (non-hydrogen) atoms. The topological polar surface area (TPSA) is 32.3 Å². The molecule has 0 atom stereocenters. The highest BCUT2D eigenvalue weighted by Gasteiger charge is 2.14. The SMILES string of the molecule is CC(C)(O)CCNc1c(F)cc(F)cc1Cl. The van der Waals surface area contributed by atoms with Gasteiger partial charge in [-0.1, -0.05) is 11.6 Å². The molecule has 1 rings (SSSR count). The molecular weight excluding hydrogens is 236 g/mol. The van der Waals surface area contributed by atoms with E-state index in [0.717, 1.165) is 12.1 Å². The molecule has 0 spiro atoms. The maximum atomic E-state index is 13.3. The van der Waals surface area contributed by atoms with E-state index in [4.69, 9.17) is 11.6 Å². The molecule has 0 radical (unpaired) electrons. The Bertz CT molecular complexity index is 354. The van der Waals surface area contributed by atoms with E-state index in [-0.39, 0.29) is 10.7 Å². The van der Waals surface area contributed by atoms with Crippen molar-refractivity contribution >= 4 is 17.3 Å². The molecule has 1 aromatic carbocycles. The molecule has 0 aromatic heterocycles. The summed E-state index contributed by atoms with van der Waals surface area (Å²) in [5.74, 6) is -1.45. The summed E-state index contributed by atoms with van der Waals surface area (Å²) in [5, 5.41) is 12.2. The summed E-state index contributed by atoms with van der Waals surface area (Å²) in [6.45, 7) is 3.65. The number of hydrogen-bond donors (Lipinski definition) is 2. The third-order valence-electron chi connectivity index (χ3n) is 2.05. The van der Waals surface area contributed by atoms with Crippen molar-refractivity contribution in [2.45, 2.75) is 25.9 Å². The van der Waals surface area contributed by atoms with Crippen LogP contribution in [0.2, 0.25) is 5.02 Å². The minimum atomic E-state index is -0.837. The summed E-state index contributed by atoms with van der Waals surface area (Å²) in [6.07, 6.45) is 0.431. The first-order valence-corrected chi connectivity index (χ1v) is 5.28. The van der Waals surface area contributed by atoms with Crippen LogP contribution >= 0.6 is 11.6 Å². The molecule has 0 unspecified atom stereocenters. The molecule has 0 heterocycles. The van der Waals surface area contributed by atoms with Crippen molar-refractivity contribution in [3.8, 4) is 0 Å². The minimum absolute atomic E-state index is 0.00625. The summed E-state index contributed by atoms with van der Waals surface area (Å²) in [6, 6.07) is 1.80. The highest BCUT2D eigenvalue weighted by atomic mass is 35.5. The average Bonchev–Trinajstić information content (AvgIpc) is 2.07. The van der Waals surface area contributed by atoms with E-state index in [0.29, 0.717) is 13.0 Å². The third-order valence-corrected chi connectivity index (χ3v) is 2.34. The number of nitrogens with one attached hydrogen (secondary N) is 1. The van der Waals surface area contributed by atoms with Gasteiger partial charge in [-0.2, -0.15) is 0 Å². The first kappa shape index (κ1) is 13.2. The molecule has 2 nitrogen and oxygen atoms in total. The lowest BCUT2D eigenvalue weighted by molar-refractivity contribution is 0.0748. The van der Waals surface area contributed by atoms with Crippen molar-refractivity contribution in [3.63, 3.8) is 0 Å². The fourth-order valence-corrected chi connectivity index (χ4v) is 1.47. The normalized spacial score (nSPS) is 11.6.